The van der Waals surface area contributed by atoms with Crippen molar-refractivity contribution in [2.75, 3.05) is 49.6 Å². The van der Waals surface area contributed by atoms with Crippen molar-refractivity contribution in [3.63, 3.8) is 0 Å². The second-order valence-electron chi connectivity index (χ2n) is 11.5. The molecule has 3 aliphatic heterocycles. The summed E-state index contributed by atoms with van der Waals surface area (Å²) in [4.78, 5) is 30.1. The van der Waals surface area contributed by atoms with Crippen LogP contribution in [0.2, 0.25) is 0 Å². The number of carbonyl (C=O) groups is 1. The van der Waals surface area contributed by atoms with Gasteiger partial charge in [0.2, 0.25) is 0 Å². The molecule has 1 unspecified atom stereocenters. The van der Waals surface area contributed by atoms with Gasteiger partial charge in [0.15, 0.2) is 0 Å². The maximum atomic E-state index is 12.0. The van der Waals surface area contributed by atoms with Crippen molar-refractivity contribution in [2.24, 2.45) is 0 Å². The first kappa shape index (κ1) is 27.1. The molecule has 10 nitrogen and oxygen atoms in total. The first-order chi connectivity index (χ1) is 19.9. The van der Waals surface area contributed by atoms with E-state index in [9.17, 15) is 15.2 Å². The second kappa shape index (κ2) is 11.4. The van der Waals surface area contributed by atoms with Gasteiger partial charge in [0.25, 0.3) is 0 Å². The zero-order chi connectivity index (χ0) is 28.5. The summed E-state index contributed by atoms with van der Waals surface area (Å²) in [7, 11) is 2.13. The Hall–Kier alpha value is -4.10. The lowest BCUT2D eigenvalue weighted by atomic mass is 10.00. The van der Waals surface area contributed by atoms with Gasteiger partial charge in [0, 0.05) is 48.4 Å². The Kier molecular flexibility index (Phi) is 7.54. The molecular formula is C31H37N7O3. The lowest BCUT2D eigenvalue weighted by Crippen LogP contribution is -2.59. The maximum Gasteiger partial charge on any atom is 0.407 e. The molecule has 2 fully saturated rings. The van der Waals surface area contributed by atoms with E-state index in [1.807, 2.05) is 6.92 Å². The number of benzene rings is 2. The van der Waals surface area contributed by atoms with Crippen LogP contribution >= 0.6 is 0 Å². The third-order valence-corrected chi connectivity index (χ3v) is 8.89. The molecule has 0 radical (unpaired) electrons. The average Bonchev–Trinajstić information content (AvgIpc) is 3.40. The number of hydrogen-bond acceptors (Lipinski definition) is 8. The number of rotatable bonds is 6. The van der Waals surface area contributed by atoms with Gasteiger partial charge < -0.3 is 29.4 Å². The second-order valence-corrected chi connectivity index (χ2v) is 11.5. The van der Waals surface area contributed by atoms with E-state index >= 15 is 0 Å². The Morgan fingerprint density at radius 3 is 2.73 bits per heavy atom. The maximum absolute atomic E-state index is 12.0. The van der Waals surface area contributed by atoms with Gasteiger partial charge in [-0.1, -0.05) is 36.4 Å². The van der Waals surface area contributed by atoms with Crippen LogP contribution in [-0.2, 0) is 13.0 Å². The number of piperazine rings is 1. The molecule has 0 spiro atoms. The fourth-order valence-electron chi connectivity index (χ4n) is 6.59. The molecule has 2 saturated heterocycles. The van der Waals surface area contributed by atoms with Gasteiger partial charge in [0.05, 0.1) is 30.8 Å². The quantitative estimate of drug-likeness (QED) is 0.480. The van der Waals surface area contributed by atoms with Crippen LogP contribution in [0.25, 0.3) is 10.8 Å². The summed E-state index contributed by atoms with van der Waals surface area (Å²) < 4.78 is 6.27. The molecule has 6 rings (SSSR count). The highest BCUT2D eigenvalue weighted by Gasteiger charge is 2.37. The van der Waals surface area contributed by atoms with E-state index in [0.29, 0.717) is 38.3 Å². The number of amides is 1. The molecule has 0 saturated carbocycles. The third kappa shape index (κ3) is 5.34. The Morgan fingerprint density at radius 2 is 1.95 bits per heavy atom. The molecule has 1 N–H and O–H groups in total. The predicted octanol–water partition coefficient (Wildman–Crippen LogP) is 4.14. The minimum atomic E-state index is -0.989. The molecule has 0 aliphatic carbocycles. The monoisotopic (exact) mass is 555 g/mol. The number of nitriles is 1. The van der Waals surface area contributed by atoms with Gasteiger partial charge in [-0.3, -0.25) is 0 Å². The fourth-order valence-corrected chi connectivity index (χ4v) is 6.59. The van der Waals surface area contributed by atoms with Crippen LogP contribution in [0, 0.1) is 11.3 Å². The van der Waals surface area contributed by atoms with Gasteiger partial charge in [-0.25, -0.2) is 4.79 Å². The number of likely N-dealkylation sites (N-methyl/N-ethyl adjacent to an activating group) is 1. The van der Waals surface area contributed by atoms with E-state index in [1.165, 1.54) is 21.4 Å². The van der Waals surface area contributed by atoms with Gasteiger partial charge in [0.1, 0.15) is 12.4 Å². The van der Waals surface area contributed by atoms with Crippen LogP contribution < -0.4 is 14.5 Å². The van der Waals surface area contributed by atoms with Crippen molar-refractivity contribution in [2.45, 2.75) is 57.3 Å². The summed E-state index contributed by atoms with van der Waals surface area (Å²) >= 11 is 0. The van der Waals surface area contributed by atoms with E-state index in [1.54, 1.807) is 0 Å². The first-order valence-electron chi connectivity index (χ1n) is 14.5. The molecule has 1 aromatic heterocycles. The largest absolute Gasteiger partial charge is 0.465 e. The molecule has 1 amide bonds. The van der Waals surface area contributed by atoms with Crippen LogP contribution in [-0.4, -0.2) is 88.9 Å². The van der Waals surface area contributed by atoms with Crippen molar-refractivity contribution < 1.29 is 14.6 Å². The lowest BCUT2D eigenvalue weighted by molar-refractivity contribution is 0.110. The van der Waals surface area contributed by atoms with E-state index in [-0.39, 0.29) is 12.5 Å². The first-order valence-corrected chi connectivity index (χ1v) is 14.5. The van der Waals surface area contributed by atoms with Crippen molar-refractivity contribution >= 4 is 28.4 Å². The number of carboxylic acid groups (broad SMARTS) is 1. The zero-order valence-electron chi connectivity index (χ0n) is 23.7. The Bertz CT molecular complexity index is 1470. The number of likely N-dealkylation sites (tertiary alicyclic amines) is 1. The van der Waals surface area contributed by atoms with Gasteiger partial charge in [-0.2, -0.15) is 15.2 Å². The van der Waals surface area contributed by atoms with Gasteiger partial charge in [-0.15, -0.1) is 0 Å². The number of anilines is 2. The normalized spacial score (nSPS) is 23.0. The number of ether oxygens (including phenoxy) is 1. The highest BCUT2D eigenvalue weighted by Crippen LogP contribution is 2.36. The van der Waals surface area contributed by atoms with Crippen molar-refractivity contribution in [3.05, 3.63) is 53.7 Å². The summed E-state index contributed by atoms with van der Waals surface area (Å²) in [5, 5.41) is 21.7. The topological polar surface area (TPSA) is 109 Å². The lowest BCUT2D eigenvalue weighted by Gasteiger charge is -2.45. The Labute approximate surface area is 240 Å². The van der Waals surface area contributed by atoms with Crippen LogP contribution in [0.4, 0.5) is 16.3 Å². The van der Waals surface area contributed by atoms with Crippen LogP contribution in [0.5, 0.6) is 6.01 Å². The summed E-state index contributed by atoms with van der Waals surface area (Å²) in [6.45, 7) is 5.77. The number of fused-ring (bicyclic) bond motifs is 2. The van der Waals surface area contributed by atoms with E-state index in [2.05, 4.69) is 70.3 Å². The van der Waals surface area contributed by atoms with Crippen LogP contribution in [0.1, 0.15) is 37.4 Å². The Morgan fingerprint density at radius 1 is 1.12 bits per heavy atom. The number of nitrogens with zero attached hydrogens (tertiary/aromatic N) is 7. The molecule has 3 aromatic rings. The van der Waals surface area contributed by atoms with Crippen molar-refractivity contribution in [1.29, 1.82) is 5.26 Å². The molecular weight excluding hydrogens is 518 g/mol. The summed E-state index contributed by atoms with van der Waals surface area (Å²) in [6, 6.07) is 17.2. The van der Waals surface area contributed by atoms with Crippen LogP contribution in [0.15, 0.2) is 42.5 Å². The highest BCUT2D eigenvalue weighted by molar-refractivity contribution is 5.94. The molecule has 214 valence electrons. The Balaban J connectivity index is 1.35. The minimum absolute atomic E-state index is 0.107. The summed E-state index contributed by atoms with van der Waals surface area (Å²) in [5.74, 6) is 0.808. The zero-order valence-corrected chi connectivity index (χ0v) is 23.7. The molecule has 3 atom stereocenters. The molecule has 2 aromatic carbocycles. The van der Waals surface area contributed by atoms with Crippen molar-refractivity contribution in [3.8, 4) is 12.1 Å². The van der Waals surface area contributed by atoms with Crippen LogP contribution in [0.3, 0.4) is 0 Å². The molecule has 0 bridgehead atoms. The number of aromatic nitrogens is 2. The summed E-state index contributed by atoms with van der Waals surface area (Å²) in [5.41, 5.74) is 3.20. The van der Waals surface area contributed by atoms with E-state index < -0.39 is 12.1 Å². The molecule has 41 heavy (non-hydrogen) atoms. The fraction of sp³-hybridized carbons (Fsp3) is 0.484. The SMILES string of the molecule is C[C@@H]1CN(C(=O)O)[C@@H](CC#N)CN1c1nc(OCC2CCCN2C)nc2c1CCN(c1cccc3ccccc13)C2. The molecule has 3 aliphatic rings. The summed E-state index contributed by atoms with van der Waals surface area (Å²) in [6.07, 6.45) is 2.15. The van der Waals surface area contributed by atoms with E-state index in [4.69, 9.17) is 14.7 Å². The smallest absolute Gasteiger partial charge is 0.407 e. The molecule has 10 heteroatoms. The number of hydrogen-bond donors (Lipinski definition) is 1. The van der Waals surface area contributed by atoms with Crippen molar-refractivity contribution in [1.82, 2.24) is 19.8 Å². The minimum Gasteiger partial charge on any atom is -0.465 e. The average molecular weight is 556 g/mol. The third-order valence-electron chi connectivity index (χ3n) is 8.89. The van der Waals surface area contributed by atoms with Gasteiger partial charge in [-0.05, 0) is 51.2 Å². The van der Waals surface area contributed by atoms with E-state index in [0.717, 1.165) is 49.4 Å². The standard InChI is InChI=1S/C31H37N7O3/c1-21-17-38(31(39)40)23(12-14-32)18-37(21)29-26-13-16-36(28-11-5-8-22-7-3-4-10-25(22)28)19-27(26)33-30(34-29)41-20-24-9-6-15-35(24)2/h3-5,7-8,10-11,21,23-24H,6,9,12-13,15-20H2,1-2H3,(H,39,40)/t21-,23+,24?/m1/s1. The highest BCUT2D eigenvalue weighted by atomic mass is 16.5. The van der Waals surface area contributed by atoms with Gasteiger partial charge >= 0.3 is 12.1 Å². The predicted molar refractivity (Wildman–Crippen MR) is 157 cm³/mol. The molecule has 4 heterocycles.